The van der Waals surface area contributed by atoms with E-state index in [9.17, 15) is 4.79 Å². The van der Waals surface area contributed by atoms with Crippen LogP contribution in [0.15, 0.2) is 66.0 Å². The van der Waals surface area contributed by atoms with E-state index in [0.29, 0.717) is 13.2 Å². The number of nitrogens with zero attached hydrogens (tertiary/aromatic N) is 2. The zero-order valence-electron chi connectivity index (χ0n) is 17.0. The lowest BCUT2D eigenvalue weighted by Crippen LogP contribution is -2.24. The largest absolute Gasteiger partial charge is 0.491 e. The highest BCUT2D eigenvalue weighted by Gasteiger charge is 2.11. The number of hydrogen-bond acceptors (Lipinski definition) is 4. The van der Waals surface area contributed by atoms with Crippen LogP contribution in [-0.2, 0) is 13.0 Å². The molecule has 0 atom stereocenters. The normalized spacial score (nSPS) is 11.0. The van der Waals surface area contributed by atoms with Gasteiger partial charge in [-0.15, -0.1) is 11.3 Å². The van der Waals surface area contributed by atoms with Crippen LogP contribution in [0.1, 0.15) is 27.5 Å². The summed E-state index contributed by atoms with van der Waals surface area (Å²) in [5.74, 6) is 1.93. The second-order valence-corrected chi connectivity index (χ2v) is 8.07. The standard InChI is InChI=1S/C24H25N3O2S/c1-18-8-2-5-11-21(18)29-16-15-27-20-10-4-3-9-19(20)26-23(27)13-6-14-25-24(28)22-12-7-17-30-22/h2-5,7-12,17H,6,13-16H2,1H3,(H,25,28). The van der Waals surface area contributed by atoms with Gasteiger partial charge in [-0.25, -0.2) is 4.98 Å². The Morgan fingerprint density at radius 3 is 2.77 bits per heavy atom. The molecule has 0 spiro atoms. The molecule has 2 aromatic carbocycles. The van der Waals surface area contributed by atoms with Crippen LogP contribution in [-0.4, -0.2) is 28.6 Å². The van der Waals surface area contributed by atoms with Gasteiger partial charge in [-0.3, -0.25) is 4.79 Å². The Morgan fingerprint density at radius 2 is 1.93 bits per heavy atom. The molecule has 30 heavy (non-hydrogen) atoms. The molecule has 0 aliphatic carbocycles. The summed E-state index contributed by atoms with van der Waals surface area (Å²) < 4.78 is 8.24. The van der Waals surface area contributed by atoms with E-state index in [1.165, 1.54) is 11.3 Å². The molecule has 4 aromatic rings. The van der Waals surface area contributed by atoms with Crippen LogP contribution in [0.5, 0.6) is 5.75 Å². The molecule has 1 N–H and O–H groups in total. The molecule has 6 heteroatoms. The summed E-state index contributed by atoms with van der Waals surface area (Å²) in [6.45, 7) is 3.98. The highest BCUT2D eigenvalue weighted by Crippen LogP contribution is 2.19. The van der Waals surface area contributed by atoms with E-state index in [-0.39, 0.29) is 5.91 Å². The van der Waals surface area contributed by atoms with E-state index in [2.05, 4.69) is 28.9 Å². The minimum absolute atomic E-state index is 0.00914. The molecule has 4 rings (SSSR count). The predicted molar refractivity (Wildman–Crippen MR) is 121 cm³/mol. The lowest BCUT2D eigenvalue weighted by molar-refractivity contribution is 0.0957. The minimum Gasteiger partial charge on any atom is -0.491 e. The summed E-state index contributed by atoms with van der Waals surface area (Å²) in [5.41, 5.74) is 3.24. The van der Waals surface area contributed by atoms with Crippen molar-refractivity contribution in [3.8, 4) is 5.75 Å². The smallest absolute Gasteiger partial charge is 0.261 e. The van der Waals surface area contributed by atoms with Gasteiger partial charge in [0, 0.05) is 13.0 Å². The third-order valence-corrected chi connectivity index (χ3v) is 5.88. The van der Waals surface area contributed by atoms with E-state index in [4.69, 9.17) is 9.72 Å². The number of nitrogens with one attached hydrogen (secondary N) is 1. The number of aromatic nitrogens is 2. The molecule has 0 bridgehead atoms. The quantitative estimate of drug-likeness (QED) is 0.395. The first-order valence-electron chi connectivity index (χ1n) is 10.2. The highest BCUT2D eigenvalue weighted by atomic mass is 32.1. The molecule has 1 amide bonds. The number of amides is 1. The van der Waals surface area contributed by atoms with E-state index in [1.54, 1.807) is 0 Å². The number of ether oxygens (including phenoxy) is 1. The summed E-state index contributed by atoms with van der Waals surface area (Å²) in [4.78, 5) is 17.7. The van der Waals surface area contributed by atoms with Crippen molar-refractivity contribution in [2.45, 2.75) is 26.3 Å². The number of carbonyl (C=O) groups excluding carboxylic acids is 1. The van der Waals surface area contributed by atoms with Crippen molar-refractivity contribution >= 4 is 28.3 Å². The Kier molecular flexibility index (Phi) is 6.44. The molecule has 2 heterocycles. The van der Waals surface area contributed by atoms with Gasteiger partial charge in [0.1, 0.15) is 18.2 Å². The van der Waals surface area contributed by atoms with Crippen molar-refractivity contribution in [1.82, 2.24) is 14.9 Å². The first kappa shape index (κ1) is 20.2. The van der Waals surface area contributed by atoms with Gasteiger partial charge in [0.15, 0.2) is 0 Å². The number of aryl methyl sites for hydroxylation is 2. The molecule has 0 aliphatic rings. The maximum atomic E-state index is 12.1. The molecular weight excluding hydrogens is 394 g/mol. The monoisotopic (exact) mass is 419 g/mol. The fraction of sp³-hybridized carbons (Fsp3) is 0.250. The molecule has 2 aromatic heterocycles. The van der Waals surface area contributed by atoms with Crippen LogP contribution in [0.3, 0.4) is 0 Å². The SMILES string of the molecule is Cc1ccccc1OCCn1c(CCCNC(=O)c2cccs2)nc2ccccc21. The number of rotatable bonds is 9. The van der Waals surface area contributed by atoms with Gasteiger partial charge in [-0.2, -0.15) is 0 Å². The number of thiophene rings is 1. The van der Waals surface area contributed by atoms with E-state index in [0.717, 1.165) is 52.4 Å². The van der Waals surface area contributed by atoms with Crippen LogP contribution >= 0.6 is 11.3 Å². The van der Waals surface area contributed by atoms with Crippen molar-refractivity contribution in [3.05, 3.63) is 82.3 Å². The van der Waals surface area contributed by atoms with E-state index >= 15 is 0 Å². The Hall–Kier alpha value is -3.12. The van der Waals surface area contributed by atoms with E-state index < -0.39 is 0 Å². The average molecular weight is 420 g/mol. The van der Waals surface area contributed by atoms with Gasteiger partial charge >= 0.3 is 0 Å². The van der Waals surface area contributed by atoms with Crippen molar-refractivity contribution in [2.75, 3.05) is 13.2 Å². The predicted octanol–water partition coefficient (Wildman–Crippen LogP) is 4.85. The Morgan fingerprint density at radius 1 is 1.10 bits per heavy atom. The number of imidazole rings is 1. The van der Waals surface area contributed by atoms with Gasteiger partial charge in [-0.05, 0) is 48.6 Å². The molecule has 0 saturated heterocycles. The highest BCUT2D eigenvalue weighted by molar-refractivity contribution is 7.12. The average Bonchev–Trinajstić information content (AvgIpc) is 3.41. The minimum atomic E-state index is -0.00914. The lowest BCUT2D eigenvalue weighted by atomic mass is 10.2. The number of benzene rings is 2. The summed E-state index contributed by atoms with van der Waals surface area (Å²) in [5, 5.41) is 4.90. The second-order valence-electron chi connectivity index (χ2n) is 7.12. The Balaban J connectivity index is 1.38. The molecular formula is C24H25N3O2S. The van der Waals surface area contributed by atoms with Crippen LogP contribution < -0.4 is 10.1 Å². The van der Waals surface area contributed by atoms with Gasteiger partial charge in [0.2, 0.25) is 0 Å². The van der Waals surface area contributed by atoms with Crippen LogP contribution in [0.4, 0.5) is 0 Å². The first-order valence-corrected chi connectivity index (χ1v) is 11.0. The molecule has 0 saturated carbocycles. The Bertz CT molecular complexity index is 1120. The van der Waals surface area contributed by atoms with E-state index in [1.807, 2.05) is 53.9 Å². The fourth-order valence-electron chi connectivity index (χ4n) is 3.47. The van der Waals surface area contributed by atoms with Gasteiger partial charge in [0.05, 0.1) is 22.5 Å². The number of carbonyl (C=O) groups is 1. The number of hydrogen-bond donors (Lipinski definition) is 1. The molecule has 0 unspecified atom stereocenters. The third kappa shape index (κ3) is 4.71. The molecule has 5 nitrogen and oxygen atoms in total. The van der Waals surface area contributed by atoms with Crippen molar-refractivity contribution in [3.63, 3.8) is 0 Å². The number of fused-ring (bicyclic) bond motifs is 1. The molecule has 0 aliphatic heterocycles. The zero-order valence-corrected chi connectivity index (χ0v) is 17.8. The topological polar surface area (TPSA) is 56.1 Å². The van der Waals surface area contributed by atoms with Crippen LogP contribution in [0, 0.1) is 6.92 Å². The molecule has 154 valence electrons. The van der Waals surface area contributed by atoms with Crippen molar-refractivity contribution in [1.29, 1.82) is 0 Å². The van der Waals surface area contributed by atoms with Gasteiger partial charge in [0.25, 0.3) is 5.91 Å². The molecule has 0 fully saturated rings. The summed E-state index contributed by atoms with van der Waals surface area (Å²) in [7, 11) is 0. The van der Waals surface area contributed by atoms with Gasteiger partial charge < -0.3 is 14.6 Å². The van der Waals surface area contributed by atoms with Crippen molar-refractivity contribution < 1.29 is 9.53 Å². The summed E-state index contributed by atoms with van der Waals surface area (Å²) in [6, 6.07) is 20.0. The molecule has 0 radical (unpaired) electrons. The van der Waals surface area contributed by atoms with Gasteiger partial charge in [-0.1, -0.05) is 36.4 Å². The van der Waals surface area contributed by atoms with Crippen molar-refractivity contribution in [2.24, 2.45) is 0 Å². The third-order valence-electron chi connectivity index (χ3n) is 5.01. The Labute approximate surface area is 180 Å². The number of para-hydroxylation sites is 3. The first-order chi connectivity index (χ1) is 14.7. The zero-order chi connectivity index (χ0) is 20.8. The maximum Gasteiger partial charge on any atom is 0.261 e. The second kappa shape index (κ2) is 9.59. The maximum absolute atomic E-state index is 12.1. The fourth-order valence-corrected chi connectivity index (χ4v) is 4.11. The lowest BCUT2D eigenvalue weighted by Gasteiger charge is -2.12. The summed E-state index contributed by atoms with van der Waals surface area (Å²) in [6.07, 6.45) is 1.63. The van der Waals surface area contributed by atoms with Crippen LogP contribution in [0.2, 0.25) is 0 Å². The summed E-state index contributed by atoms with van der Waals surface area (Å²) >= 11 is 1.46. The van der Waals surface area contributed by atoms with Crippen LogP contribution in [0.25, 0.3) is 11.0 Å².